The van der Waals surface area contributed by atoms with Gasteiger partial charge in [-0.2, -0.15) is 0 Å². The first kappa shape index (κ1) is 17.3. The Morgan fingerprint density at radius 3 is 2.58 bits per heavy atom. The molecule has 0 N–H and O–H groups in total. The highest BCUT2D eigenvalue weighted by Gasteiger charge is 2.41. The monoisotopic (exact) mass is 360 g/mol. The Kier molecular flexibility index (Phi) is 4.58. The van der Waals surface area contributed by atoms with Gasteiger partial charge in [-0.25, -0.2) is 0 Å². The smallest absolute Gasteiger partial charge is 0.268 e. The summed E-state index contributed by atoms with van der Waals surface area (Å²) in [5, 5.41) is 0. The van der Waals surface area contributed by atoms with Crippen LogP contribution in [-0.2, 0) is 19.1 Å². The van der Waals surface area contributed by atoms with E-state index in [0.29, 0.717) is 57.0 Å². The summed E-state index contributed by atoms with van der Waals surface area (Å²) in [6.07, 6.45) is 1.37. The zero-order chi connectivity index (χ0) is 18.1. The first-order valence-electron chi connectivity index (χ1n) is 9.25. The minimum atomic E-state index is -0.539. The lowest BCUT2D eigenvalue weighted by atomic mass is 10.0. The third-order valence-electron chi connectivity index (χ3n) is 5.32. The quantitative estimate of drug-likeness (QED) is 0.818. The number of carbonyl (C=O) groups excluding carboxylic acids is 2. The fourth-order valence-electron chi connectivity index (χ4n) is 3.81. The lowest BCUT2D eigenvalue weighted by Crippen LogP contribution is -2.53. The normalized spacial score (nSPS) is 24.5. The van der Waals surface area contributed by atoms with Crippen LogP contribution in [0.15, 0.2) is 24.3 Å². The standard InChI is InChI=1S/C19H24N2O5/c1-2-15-18(23)21(14-5-3-4-6-16(14)26-15)13-17(22)20-9-7-19(8-10-20)24-11-12-25-19/h3-6,15H,2,7-13H2,1H3. The van der Waals surface area contributed by atoms with Gasteiger partial charge in [-0.15, -0.1) is 0 Å². The molecule has 0 radical (unpaired) electrons. The Hall–Kier alpha value is -2.12. The van der Waals surface area contributed by atoms with Crippen LogP contribution in [0.25, 0.3) is 0 Å². The molecule has 0 saturated carbocycles. The number of rotatable bonds is 3. The Morgan fingerprint density at radius 2 is 1.88 bits per heavy atom. The third kappa shape index (κ3) is 3.05. The van der Waals surface area contributed by atoms with Crippen molar-refractivity contribution >= 4 is 17.5 Å². The SMILES string of the molecule is CCC1Oc2ccccc2N(CC(=O)N2CCC3(CC2)OCCO3)C1=O. The number of carbonyl (C=O) groups is 2. The molecular formula is C19H24N2O5. The topological polar surface area (TPSA) is 68.3 Å². The number of hydrogen-bond donors (Lipinski definition) is 0. The van der Waals surface area contributed by atoms with E-state index in [1.165, 1.54) is 0 Å². The van der Waals surface area contributed by atoms with E-state index in [1.807, 2.05) is 31.2 Å². The molecular weight excluding hydrogens is 336 g/mol. The van der Waals surface area contributed by atoms with Crippen LogP contribution in [0.3, 0.4) is 0 Å². The number of fused-ring (bicyclic) bond motifs is 1. The molecule has 2 fully saturated rings. The number of anilines is 1. The first-order chi connectivity index (χ1) is 12.6. The summed E-state index contributed by atoms with van der Waals surface area (Å²) in [4.78, 5) is 28.9. The van der Waals surface area contributed by atoms with E-state index >= 15 is 0 Å². The van der Waals surface area contributed by atoms with Gasteiger partial charge < -0.3 is 19.1 Å². The van der Waals surface area contributed by atoms with Gasteiger partial charge in [-0.05, 0) is 18.6 Å². The molecule has 2 amide bonds. The lowest BCUT2D eigenvalue weighted by molar-refractivity contribution is -0.187. The molecule has 3 aliphatic rings. The highest BCUT2D eigenvalue weighted by molar-refractivity contribution is 6.03. The van der Waals surface area contributed by atoms with Crippen molar-refractivity contribution in [1.82, 2.24) is 4.90 Å². The van der Waals surface area contributed by atoms with Crippen LogP contribution < -0.4 is 9.64 Å². The molecule has 0 bridgehead atoms. The molecule has 0 aliphatic carbocycles. The van der Waals surface area contributed by atoms with E-state index < -0.39 is 11.9 Å². The molecule has 7 nitrogen and oxygen atoms in total. The van der Waals surface area contributed by atoms with Crippen LogP contribution in [0, 0.1) is 0 Å². The highest BCUT2D eigenvalue weighted by Crippen LogP contribution is 2.35. The molecule has 1 unspecified atom stereocenters. The Bertz CT molecular complexity index is 691. The van der Waals surface area contributed by atoms with E-state index in [2.05, 4.69) is 0 Å². The molecule has 3 aliphatic heterocycles. The Labute approximate surface area is 152 Å². The number of likely N-dealkylation sites (tertiary alicyclic amines) is 1. The summed E-state index contributed by atoms with van der Waals surface area (Å²) >= 11 is 0. The summed E-state index contributed by atoms with van der Waals surface area (Å²) in [7, 11) is 0. The third-order valence-corrected chi connectivity index (χ3v) is 5.32. The van der Waals surface area contributed by atoms with Gasteiger partial charge in [0.2, 0.25) is 5.91 Å². The molecule has 26 heavy (non-hydrogen) atoms. The summed E-state index contributed by atoms with van der Waals surface area (Å²) < 4.78 is 17.2. The van der Waals surface area contributed by atoms with E-state index in [0.717, 1.165) is 0 Å². The second-order valence-corrected chi connectivity index (χ2v) is 6.90. The summed E-state index contributed by atoms with van der Waals surface area (Å²) in [5.74, 6) is -0.0730. The van der Waals surface area contributed by atoms with Gasteiger partial charge in [0.05, 0.1) is 18.9 Å². The summed E-state index contributed by atoms with van der Waals surface area (Å²) in [6.45, 7) is 4.33. The van der Waals surface area contributed by atoms with Crippen molar-refractivity contribution in [2.45, 2.75) is 38.1 Å². The fourth-order valence-corrected chi connectivity index (χ4v) is 3.81. The van der Waals surface area contributed by atoms with Crippen molar-refractivity contribution in [3.05, 3.63) is 24.3 Å². The largest absolute Gasteiger partial charge is 0.478 e. The minimum absolute atomic E-state index is 0.0322. The number of amides is 2. The maximum atomic E-state index is 12.8. The zero-order valence-corrected chi connectivity index (χ0v) is 15.0. The van der Waals surface area contributed by atoms with Gasteiger partial charge in [-0.3, -0.25) is 14.5 Å². The molecule has 7 heteroatoms. The average molecular weight is 360 g/mol. The molecule has 0 aromatic heterocycles. The van der Waals surface area contributed by atoms with E-state index in [1.54, 1.807) is 9.80 Å². The van der Waals surface area contributed by atoms with Gasteiger partial charge in [0.15, 0.2) is 11.9 Å². The van der Waals surface area contributed by atoms with Crippen LogP contribution in [-0.4, -0.2) is 61.5 Å². The molecule has 1 aromatic carbocycles. The number of benzene rings is 1. The van der Waals surface area contributed by atoms with Gasteiger partial charge in [-0.1, -0.05) is 19.1 Å². The van der Waals surface area contributed by atoms with Gasteiger partial charge in [0, 0.05) is 25.9 Å². The Morgan fingerprint density at radius 1 is 1.19 bits per heavy atom. The summed E-state index contributed by atoms with van der Waals surface area (Å²) in [5.41, 5.74) is 0.659. The second kappa shape index (κ2) is 6.89. The van der Waals surface area contributed by atoms with Crippen LogP contribution in [0.5, 0.6) is 5.75 Å². The lowest BCUT2D eigenvalue weighted by Gasteiger charge is -2.39. The molecule has 2 saturated heterocycles. The second-order valence-electron chi connectivity index (χ2n) is 6.90. The van der Waals surface area contributed by atoms with Gasteiger partial charge in [0.1, 0.15) is 12.3 Å². The van der Waals surface area contributed by atoms with Crippen molar-refractivity contribution in [3.63, 3.8) is 0 Å². The van der Waals surface area contributed by atoms with E-state index in [9.17, 15) is 9.59 Å². The summed E-state index contributed by atoms with van der Waals surface area (Å²) in [6, 6.07) is 7.37. The van der Waals surface area contributed by atoms with Crippen molar-refractivity contribution < 1.29 is 23.8 Å². The maximum absolute atomic E-state index is 12.8. The number of nitrogens with zero attached hydrogens (tertiary/aromatic N) is 2. The molecule has 3 heterocycles. The number of para-hydroxylation sites is 2. The number of ether oxygens (including phenoxy) is 3. The minimum Gasteiger partial charge on any atom is -0.478 e. The zero-order valence-electron chi connectivity index (χ0n) is 15.0. The van der Waals surface area contributed by atoms with Crippen molar-refractivity contribution in [3.8, 4) is 5.75 Å². The first-order valence-corrected chi connectivity index (χ1v) is 9.25. The van der Waals surface area contributed by atoms with E-state index in [4.69, 9.17) is 14.2 Å². The van der Waals surface area contributed by atoms with Crippen LogP contribution in [0.1, 0.15) is 26.2 Å². The molecule has 1 atom stereocenters. The highest BCUT2D eigenvalue weighted by atomic mass is 16.7. The number of piperidine rings is 1. The fraction of sp³-hybridized carbons (Fsp3) is 0.579. The molecule has 4 rings (SSSR count). The van der Waals surface area contributed by atoms with Crippen molar-refractivity contribution in [2.75, 3.05) is 37.7 Å². The van der Waals surface area contributed by atoms with Crippen LogP contribution in [0.4, 0.5) is 5.69 Å². The van der Waals surface area contributed by atoms with Crippen LogP contribution >= 0.6 is 0 Å². The molecule has 140 valence electrons. The van der Waals surface area contributed by atoms with Crippen molar-refractivity contribution in [1.29, 1.82) is 0 Å². The predicted octanol–water partition coefficient (Wildman–Crippen LogP) is 1.56. The number of hydrogen-bond acceptors (Lipinski definition) is 5. The predicted molar refractivity (Wildman–Crippen MR) is 94.0 cm³/mol. The van der Waals surface area contributed by atoms with E-state index in [-0.39, 0.29) is 18.4 Å². The van der Waals surface area contributed by atoms with Crippen molar-refractivity contribution in [2.24, 2.45) is 0 Å². The average Bonchev–Trinajstić information content (AvgIpc) is 3.12. The molecule has 1 spiro atoms. The van der Waals surface area contributed by atoms with Gasteiger partial charge in [0.25, 0.3) is 5.91 Å². The Balaban J connectivity index is 1.46. The maximum Gasteiger partial charge on any atom is 0.268 e. The van der Waals surface area contributed by atoms with Crippen LogP contribution in [0.2, 0.25) is 0 Å². The molecule has 1 aromatic rings. The van der Waals surface area contributed by atoms with Gasteiger partial charge >= 0.3 is 0 Å².